The van der Waals surface area contributed by atoms with Crippen LogP contribution in [0, 0.1) is 4.83 Å². The van der Waals surface area contributed by atoms with Crippen LogP contribution >= 0.6 is 15.9 Å². The summed E-state index contributed by atoms with van der Waals surface area (Å²) in [6, 6.07) is 15.4. The minimum Gasteiger partial charge on any atom is -0.0778 e. The van der Waals surface area contributed by atoms with E-state index in [9.17, 15) is 0 Å². The molecule has 1 heteroatoms. The monoisotopic (exact) mass is 281 g/mol. The summed E-state index contributed by atoms with van der Waals surface area (Å²) in [4.78, 5) is 1.29. The summed E-state index contributed by atoms with van der Waals surface area (Å²) in [5, 5.41) is 6.83. The molecule has 17 heavy (non-hydrogen) atoms. The lowest BCUT2D eigenvalue weighted by atomic mass is 9.90. The van der Waals surface area contributed by atoms with Gasteiger partial charge < -0.3 is 0 Å². The van der Waals surface area contributed by atoms with Gasteiger partial charge in [0, 0.05) is 0 Å². The first-order valence-corrected chi connectivity index (χ1v) is 6.60. The Labute approximate surface area is 108 Å². The highest BCUT2D eigenvalue weighted by atomic mass is 79.9. The van der Waals surface area contributed by atoms with E-state index in [1.165, 1.54) is 37.2 Å². The summed E-state index contributed by atoms with van der Waals surface area (Å²) < 4.78 is 0. The molecule has 0 N–H and O–H groups in total. The second-order valence-corrected chi connectivity index (χ2v) is 5.49. The Hall–Kier alpha value is -1.34. The largest absolute Gasteiger partial charge is 0.0778 e. The molecule has 81 valence electrons. The second kappa shape index (κ2) is 3.33. The fourth-order valence-electron chi connectivity index (χ4n) is 2.81. The number of halogens is 1. The smallest absolute Gasteiger partial charge is 0.0743 e. The summed E-state index contributed by atoms with van der Waals surface area (Å²) >= 11 is 3.70. The maximum absolute atomic E-state index is 3.70. The summed E-state index contributed by atoms with van der Waals surface area (Å²) in [7, 11) is 0. The van der Waals surface area contributed by atoms with Crippen molar-refractivity contribution in [2.75, 3.05) is 0 Å². The fourth-order valence-corrected chi connectivity index (χ4v) is 3.31. The van der Waals surface area contributed by atoms with Crippen LogP contribution in [0.15, 0.2) is 42.5 Å². The highest BCUT2D eigenvalue weighted by Gasteiger charge is 2.17. The van der Waals surface area contributed by atoms with Crippen LogP contribution in [0.2, 0.25) is 0 Å². The van der Waals surface area contributed by atoms with Crippen molar-refractivity contribution in [3.63, 3.8) is 0 Å². The lowest BCUT2D eigenvalue weighted by molar-refractivity contribution is 1.25. The Morgan fingerprint density at radius 2 is 1.59 bits per heavy atom. The molecule has 0 aromatic heterocycles. The van der Waals surface area contributed by atoms with Gasteiger partial charge in [0.05, 0.1) is 4.83 Å². The normalized spacial score (nSPS) is 15.4. The predicted molar refractivity (Wildman–Crippen MR) is 77.0 cm³/mol. The highest BCUT2D eigenvalue weighted by Crippen LogP contribution is 2.36. The summed E-state index contributed by atoms with van der Waals surface area (Å²) in [6.45, 7) is 0. The van der Waals surface area contributed by atoms with E-state index in [-0.39, 0.29) is 0 Å². The van der Waals surface area contributed by atoms with Gasteiger partial charge >= 0.3 is 0 Å². The van der Waals surface area contributed by atoms with Gasteiger partial charge in [-0.1, -0.05) is 64.5 Å². The molecular formula is C16H10Br. The zero-order valence-electron chi connectivity index (χ0n) is 9.20. The van der Waals surface area contributed by atoms with E-state index < -0.39 is 0 Å². The van der Waals surface area contributed by atoms with Gasteiger partial charge in [-0.25, -0.2) is 0 Å². The Kier molecular flexibility index (Phi) is 1.89. The average molecular weight is 282 g/mol. The van der Waals surface area contributed by atoms with E-state index in [0.717, 1.165) is 6.42 Å². The van der Waals surface area contributed by atoms with Crippen molar-refractivity contribution in [1.82, 2.24) is 0 Å². The van der Waals surface area contributed by atoms with Gasteiger partial charge in [0.25, 0.3) is 0 Å². The van der Waals surface area contributed by atoms with Crippen molar-refractivity contribution in [2.24, 2.45) is 0 Å². The fraction of sp³-hybridized carbons (Fsp3) is 0.0625. The van der Waals surface area contributed by atoms with Gasteiger partial charge in [0.1, 0.15) is 0 Å². The van der Waals surface area contributed by atoms with E-state index in [1.807, 2.05) is 0 Å². The number of hydrogen-bond acceptors (Lipinski definition) is 0. The lowest BCUT2D eigenvalue weighted by Crippen LogP contribution is -2.11. The van der Waals surface area contributed by atoms with Crippen molar-refractivity contribution >= 4 is 43.6 Å². The number of hydrogen-bond donors (Lipinski definition) is 0. The number of rotatable bonds is 0. The van der Waals surface area contributed by atoms with Gasteiger partial charge in [-0.05, 0) is 38.7 Å². The molecule has 1 aliphatic carbocycles. The molecule has 0 nitrogen and oxygen atoms in total. The van der Waals surface area contributed by atoms with E-state index in [2.05, 4.69) is 64.5 Å². The molecule has 1 radical (unpaired) electrons. The minimum absolute atomic E-state index is 1.00. The molecule has 0 spiro atoms. The third kappa shape index (κ3) is 1.23. The van der Waals surface area contributed by atoms with Crippen molar-refractivity contribution in [3.05, 3.63) is 58.1 Å². The molecule has 0 fully saturated rings. The van der Waals surface area contributed by atoms with Crippen LogP contribution < -0.4 is 5.22 Å². The quantitative estimate of drug-likeness (QED) is 0.580. The first-order valence-electron chi connectivity index (χ1n) is 5.80. The van der Waals surface area contributed by atoms with Crippen molar-refractivity contribution in [3.8, 4) is 0 Å². The van der Waals surface area contributed by atoms with Crippen LogP contribution in [0.25, 0.3) is 27.6 Å². The van der Waals surface area contributed by atoms with Gasteiger partial charge in [0.15, 0.2) is 0 Å². The van der Waals surface area contributed by atoms with Gasteiger partial charge in [-0.15, -0.1) is 0 Å². The number of benzene rings is 3. The molecular weight excluding hydrogens is 272 g/mol. The topological polar surface area (TPSA) is 0 Å². The zero-order valence-corrected chi connectivity index (χ0v) is 10.8. The molecule has 0 saturated carbocycles. The van der Waals surface area contributed by atoms with Gasteiger partial charge in [-0.3, -0.25) is 0 Å². The summed E-state index contributed by atoms with van der Waals surface area (Å²) in [5.74, 6) is 0. The molecule has 4 rings (SSSR count). The summed E-state index contributed by atoms with van der Waals surface area (Å²) in [6.07, 6.45) is 3.30. The van der Waals surface area contributed by atoms with Crippen LogP contribution in [-0.2, 0) is 0 Å². The molecule has 3 aromatic rings. The predicted octanol–water partition coefficient (Wildman–Crippen LogP) is 4.17. The van der Waals surface area contributed by atoms with E-state index in [1.54, 1.807) is 0 Å². The van der Waals surface area contributed by atoms with Crippen LogP contribution in [-0.4, -0.2) is 0 Å². The first-order chi connectivity index (χ1) is 8.34. The van der Waals surface area contributed by atoms with Crippen LogP contribution in [0.4, 0.5) is 0 Å². The van der Waals surface area contributed by atoms with Crippen molar-refractivity contribution < 1.29 is 0 Å². The molecule has 0 heterocycles. The average Bonchev–Trinajstić information content (AvgIpc) is 2.38. The standard InChI is InChI=1S/C16H10Br/c17-14-9-7-12-5-4-10-2-1-3-11-6-8-13(14)16(12)15(10)11/h1-8H,9H2. The Morgan fingerprint density at radius 1 is 0.824 bits per heavy atom. The maximum atomic E-state index is 3.70. The third-order valence-corrected chi connectivity index (χ3v) is 4.35. The SMILES string of the molecule is Br[C]1CC=c2ccc3cccc4ccc1c2c43. The summed E-state index contributed by atoms with van der Waals surface area (Å²) in [5.41, 5.74) is 1.35. The molecule has 0 bridgehead atoms. The van der Waals surface area contributed by atoms with Crippen LogP contribution in [0.5, 0.6) is 0 Å². The third-order valence-electron chi connectivity index (χ3n) is 3.60. The molecule has 0 amide bonds. The first kappa shape index (κ1) is 9.67. The molecule has 0 saturated heterocycles. The molecule has 0 unspecified atom stereocenters. The van der Waals surface area contributed by atoms with Crippen molar-refractivity contribution in [2.45, 2.75) is 6.42 Å². The van der Waals surface area contributed by atoms with Crippen LogP contribution in [0.1, 0.15) is 12.0 Å². The molecule has 0 atom stereocenters. The molecule has 3 aromatic carbocycles. The van der Waals surface area contributed by atoms with Crippen LogP contribution in [0.3, 0.4) is 0 Å². The maximum Gasteiger partial charge on any atom is 0.0743 e. The lowest BCUT2D eigenvalue weighted by Gasteiger charge is -2.18. The van der Waals surface area contributed by atoms with E-state index in [0.29, 0.717) is 0 Å². The van der Waals surface area contributed by atoms with Gasteiger partial charge in [0.2, 0.25) is 0 Å². The second-order valence-electron chi connectivity index (χ2n) is 4.54. The Balaban J connectivity index is 2.40. The molecule has 0 aliphatic heterocycles. The van der Waals surface area contributed by atoms with E-state index in [4.69, 9.17) is 0 Å². The van der Waals surface area contributed by atoms with Crippen molar-refractivity contribution in [1.29, 1.82) is 0 Å². The molecule has 1 aliphatic rings. The zero-order chi connectivity index (χ0) is 11.4. The highest BCUT2D eigenvalue weighted by molar-refractivity contribution is 9.11. The van der Waals surface area contributed by atoms with Gasteiger partial charge in [-0.2, -0.15) is 0 Å². The van der Waals surface area contributed by atoms with E-state index >= 15 is 0 Å². The Morgan fingerprint density at radius 3 is 2.41 bits per heavy atom. The Bertz CT molecular complexity index is 770. The minimum atomic E-state index is 1.00.